The van der Waals surface area contributed by atoms with Gasteiger partial charge in [-0.05, 0) is 33.5 Å². The summed E-state index contributed by atoms with van der Waals surface area (Å²) in [4.78, 5) is 20.1. The summed E-state index contributed by atoms with van der Waals surface area (Å²) in [5.41, 5.74) is 12.3. The number of amides is 1. The molecular formula is C21H41ClN7O2+. The van der Waals surface area contributed by atoms with Gasteiger partial charge in [0.25, 0.3) is 0 Å². The summed E-state index contributed by atoms with van der Waals surface area (Å²) in [5.74, 6) is -0.886. The zero-order valence-electron chi connectivity index (χ0n) is 19.4. The molecule has 1 fully saturated rings. The Balaban J connectivity index is 2.14. The molecule has 0 spiro atoms. The van der Waals surface area contributed by atoms with Crippen LogP contribution in [0.3, 0.4) is 0 Å². The number of allylic oxidation sites excluding steroid dienone is 1. The average molecular weight is 459 g/mol. The molecule has 2 heterocycles. The number of halogens is 1. The van der Waals surface area contributed by atoms with E-state index in [0.717, 1.165) is 38.9 Å². The average Bonchev–Trinajstić information content (AvgIpc) is 2.69. The quantitative estimate of drug-likeness (QED) is 0.256. The fourth-order valence-corrected chi connectivity index (χ4v) is 4.48. The Morgan fingerprint density at radius 3 is 2.87 bits per heavy atom. The first-order valence-corrected chi connectivity index (χ1v) is 11.6. The van der Waals surface area contributed by atoms with E-state index in [0.29, 0.717) is 22.7 Å². The number of aliphatic imine (C=N–C) groups is 1. The molecule has 0 aromatic heterocycles. The number of unbranched alkanes of at least 4 members (excludes halogenated alkanes) is 1. The van der Waals surface area contributed by atoms with Crippen molar-refractivity contribution in [1.82, 2.24) is 15.5 Å². The summed E-state index contributed by atoms with van der Waals surface area (Å²) in [6.45, 7) is 5.88. The van der Waals surface area contributed by atoms with Crippen LogP contribution in [-0.4, -0.2) is 99.9 Å². The highest BCUT2D eigenvalue weighted by atomic mass is 35.5. The number of nitrogens with one attached hydrogen (secondary N) is 2. The summed E-state index contributed by atoms with van der Waals surface area (Å²) in [6.07, 6.45) is 5.04. The largest absolute Gasteiger partial charge is 0.375 e. The van der Waals surface area contributed by atoms with Crippen molar-refractivity contribution in [2.75, 3.05) is 53.9 Å². The predicted octanol–water partition coefficient (Wildman–Crippen LogP) is 0.00840. The lowest BCUT2D eigenvalue weighted by molar-refractivity contribution is -0.888. The molecular weight excluding hydrogens is 418 g/mol. The third-order valence-corrected chi connectivity index (χ3v) is 6.22. The van der Waals surface area contributed by atoms with Gasteiger partial charge in [-0.3, -0.25) is 9.28 Å². The molecule has 0 radical (unpaired) electrons. The van der Waals surface area contributed by atoms with Gasteiger partial charge in [-0.1, -0.05) is 24.9 Å². The van der Waals surface area contributed by atoms with Crippen molar-refractivity contribution >= 4 is 23.7 Å². The number of quaternary nitrogens is 1. The van der Waals surface area contributed by atoms with E-state index in [-0.39, 0.29) is 18.1 Å². The second-order valence-corrected chi connectivity index (χ2v) is 9.49. The SMILES string of the molecule is CCCC[N+]1(C)C=C(Cl)C=NC1C(C(=O)NC1CNCCC1OCCN(C)C)C(N)N. The smallest absolute Gasteiger partial charge is 0.234 e. The van der Waals surface area contributed by atoms with E-state index < -0.39 is 18.2 Å². The third kappa shape index (κ3) is 7.49. The van der Waals surface area contributed by atoms with E-state index in [1.165, 1.54) is 0 Å². The molecule has 1 amide bonds. The Labute approximate surface area is 191 Å². The van der Waals surface area contributed by atoms with Crippen molar-refractivity contribution in [3.8, 4) is 0 Å². The Morgan fingerprint density at radius 1 is 1.48 bits per heavy atom. The van der Waals surface area contributed by atoms with Crippen molar-refractivity contribution in [1.29, 1.82) is 0 Å². The molecule has 5 unspecified atom stereocenters. The molecule has 0 aromatic carbocycles. The second-order valence-electron chi connectivity index (χ2n) is 9.05. The van der Waals surface area contributed by atoms with Crippen LogP contribution in [0.15, 0.2) is 16.2 Å². The molecule has 1 saturated heterocycles. The fraction of sp³-hybridized carbons (Fsp3) is 0.810. The van der Waals surface area contributed by atoms with E-state index in [1.54, 1.807) is 6.21 Å². The number of carbonyl (C=O) groups is 1. The first-order valence-electron chi connectivity index (χ1n) is 11.2. The van der Waals surface area contributed by atoms with Gasteiger partial charge < -0.3 is 31.7 Å². The van der Waals surface area contributed by atoms with E-state index in [2.05, 4.69) is 27.4 Å². The first-order chi connectivity index (χ1) is 14.7. The van der Waals surface area contributed by atoms with Gasteiger partial charge in [0.1, 0.15) is 17.2 Å². The van der Waals surface area contributed by atoms with Gasteiger partial charge in [-0.25, -0.2) is 4.99 Å². The molecule has 5 atom stereocenters. The molecule has 10 heteroatoms. The number of piperidine rings is 1. The van der Waals surface area contributed by atoms with Crippen LogP contribution in [-0.2, 0) is 9.53 Å². The monoisotopic (exact) mass is 458 g/mol. The fourth-order valence-electron chi connectivity index (χ4n) is 4.20. The van der Waals surface area contributed by atoms with Crippen LogP contribution in [0.4, 0.5) is 0 Å². The molecule has 9 nitrogen and oxygen atoms in total. The number of nitrogens with zero attached hydrogens (tertiary/aromatic N) is 3. The Hall–Kier alpha value is -1.07. The Bertz CT molecular complexity index is 643. The van der Waals surface area contributed by atoms with Gasteiger partial charge in [0, 0.05) is 13.1 Å². The lowest BCUT2D eigenvalue weighted by Crippen LogP contribution is -2.64. The lowest BCUT2D eigenvalue weighted by Gasteiger charge is -2.42. The van der Waals surface area contributed by atoms with Gasteiger partial charge in [0.2, 0.25) is 12.1 Å². The van der Waals surface area contributed by atoms with Crippen LogP contribution >= 0.6 is 11.6 Å². The second kappa shape index (κ2) is 12.2. The van der Waals surface area contributed by atoms with Crippen LogP contribution in [0.5, 0.6) is 0 Å². The van der Waals surface area contributed by atoms with Crippen LogP contribution in [0.1, 0.15) is 26.2 Å². The molecule has 2 rings (SSSR count). The summed E-state index contributed by atoms with van der Waals surface area (Å²) < 4.78 is 6.48. The van der Waals surface area contributed by atoms with E-state index in [1.807, 2.05) is 27.3 Å². The van der Waals surface area contributed by atoms with Crippen molar-refractivity contribution in [3.05, 3.63) is 11.2 Å². The van der Waals surface area contributed by atoms with Gasteiger partial charge in [-0.15, -0.1) is 0 Å². The summed E-state index contributed by atoms with van der Waals surface area (Å²) >= 11 is 6.26. The highest BCUT2D eigenvalue weighted by Gasteiger charge is 2.46. The molecule has 0 saturated carbocycles. The number of likely N-dealkylation sites (N-methyl/N-ethyl adjacent to an activating group) is 1. The van der Waals surface area contributed by atoms with Gasteiger partial charge in [0.05, 0.1) is 44.7 Å². The van der Waals surface area contributed by atoms with Crippen LogP contribution in [0.25, 0.3) is 0 Å². The normalized spacial score (nSPS) is 29.8. The Kier molecular flexibility index (Phi) is 10.3. The zero-order valence-corrected chi connectivity index (χ0v) is 20.1. The number of hydrogen-bond donors (Lipinski definition) is 4. The number of hydrogen-bond acceptors (Lipinski definition) is 7. The summed E-state index contributed by atoms with van der Waals surface area (Å²) in [7, 11) is 6.05. The minimum Gasteiger partial charge on any atom is -0.375 e. The summed E-state index contributed by atoms with van der Waals surface area (Å²) in [6, 6.07) is -0.147. The van der Waals surface area contributed by atoms with E-state index in [4.69, 9.17) is 27.8 Å². The molecule has 0 aromatic rings. The molecule has 0 aliphatic carbocycles. The van der Waals surface area contributed by atoms with E-state index >= 15 is 0 Å². The number of rotatable bonds is 11. The number of carbonyl (C=O) groups excluding carboxylic acids is 1. The highest BCUT2D eigenvalue weighted by Crippen LogP contribution is 2.28. The number of ether oxygens (including phenoxy) is 1. The molecule has 6 N–H and O–H groups in total. The maximum absolute atomic E-state index is 13.4. The van der Waals surface area contributed by atoms with Crippen molar-refractivity contribution in [2.45, 2.75) is 50.7 Å². The van der Waals surface area contributed by atoms with Crippen molar-refractivity contribution < 1.29 is 14.0 Å². The minimum absolute atomic E-state index is 0.0510. The number of nitrogens with two attached hydrogens (primary N) is 2. The topological polar surface area (TPSA) is 118 Å². The van der Waals surface area contributed by atoms with Gasteiger partial charge >= 0.3 is 0 Å². The minimum atomic E-state index is -0.851. The van der Waals surface area contributed by atoms with Crippen molar-refractivity contribution in [2.24, 2.45) is 22.4 Å². The molecule has 2 aliphatic rings. The molecule has 2 aliphatic heterocycles. The predicted molar refractivity (Wildman–Crippen MR) is 126 cm³/mol. The first kappa shape index (κ1) is 26.2. The van der Waals surface area contributed by atoms with Crippen LogP contribution < -0.4 is 22.1 Å². The molecule has 31 heavy (non-hydrogen) atoms. The van der Waals surface area contributed by atoms with Crippen molar-refractivity contribution in [3.63, 3.8) is 0 Å². The highest BCUT2D eigenvalue weighted by molar-refractivity contribution is 6.39. The standard InChI is InChI=1S/C21H40ClN7O2/c1-5-6-10-29(4)14-15(22)12-26-20(29)18(19(23)24)21(30)27-16-13-25-8-7-17(16)31-11-9-28(2)3/h12,14,16-20,25H,5-11,13,23-24H2,1-4H3/p+1. The van der Waals surface area contributed by atoms with E-state index in [9.17, 15) is 4.79 Å². The lowest BCUT2D eigenvalue weighted by atomic mass is 9.96. The van der Waals surface area contributed by atoms with Crippen LogP contribution in [0, 0.1) is 5.92 Å². The molecule has 0 bridgehead atoms. The van der Waals surface area contributed by atoms with Gasteiger partial charge in [0.15, 0.2) is 0 Å². The Morgan fingerprint density at radius 2 is 2.23 bits per heavy atom. The zero-order chi connectivity index (χ0) is 23.0. The van der Waals surface area contributed by atoms with Gasteiger partial charge in [-0.2, -0.15) is 0 Å². The summed E-state index contributed by atoms with van der Waals surface area (Å²) in [5, 5.41) is 7.05. The molecule has 178 valence electrons. The third-order valence-electron chi connectivity index (χ3n) is 6.02. The van der Waals surface area contributed by atoms with Crippen LogP contribution in [0.2, 0.25) is 0 Å². The maximum atomic E-state index is 13.4. The maximum Gasteiger partial charge on any atom is 0.234 e.